The summed E-state index contributed by atoms with van der Waals surface area (Å²) in [6, 6.07) is 0. The topological polar surface area (TPSA) is 78.9 Å². The summed E-state index contributed by atoms with van der Waals surface area (Å²) in [4.78, 5) is 37.6. The minimum Gasteiger partial charge on any atom is -0.462 e. The average molecular weight is 775 g/mol. The summed E-state index contributed by atoms with van der Waals surface area (Å²) >= 11 is 0. The normalized spacial score (nSPS) is 13.1. The number of rotatable bonds is 37. The predicted molar refractivity (Wildman–Crippen MR) is 237 cm³/mol. The Morgan fingerprint density at radius 2 is 0.821 bits per heavy atom. The van der Waals surface area contributed by atoms with Crippen molar-refractivity contribution in [2.24, 2.45) is 0 Å². The van der Waals surface area contributed by atoms with Crippen molar-refractivity contribution in [3.63, 3.8) is 0 Å². The molecular weight excluding hydrogens is 697 g/mol. The maximum atomic E-state index is 12.7. The Morgan fingerprint density at radius 3 is 1.41 bits per heavy atom. The lowest BCUT2D eigenvalue weighted by Gasteiger charge is -2.18. The van der Waals surface area contributed by atoms with E-state index in [2.05, 4.69) is 87.6 Å². The minimum atomic E-state index is -0.839. The van der Waals surface area contributed by atoms with Crippen molar-refractivity contribution in [1.82, 2.24) is 0 Å². The number of allylic oxidation sites excluding steroid dienone is 18. The van der Waals surface area contributed by atoms with Gasteiger partial charge in [0.25, 0.3) is 0 Å². The third-order valence-electron chi connectivity index (χ3n) is 8.60. The molecule has 0 aliphatic heterocycles. The Morgan fingerprint density at radius 1 is 0.393 bits per heavy atom. The van der Waals surface area contributed by atoms with Gasteiger partial charge in [-0.25, -0.2) is 0 Å². The second-order valence-electron chi connectivity index (χ2n) is 13.9. The van der Waals surface area contributed by atoms with E-state index in [1.54, 1.807) is 0 Å². The van der Waals surface area contributed by atoms with E-state index in [0.29, 0.717) is 19.3 Å². The number of unbranched alkanes of at least 4 members (excludes halogenated alkanes) is 11. The summed E-state index contributed by atoms with van der Waals surface area (Å²) in [6.07, 6.45) is 58.0. The van der Waals surface area contributed by atoms with Gasteiger partial charge in [0.1, 0.15) is 13.2 Å². The van der Waals surface area contributed by atoms with Crippen molar-refractivity contribution in [3.8, 4) is 0 Å². The largest absolute Gasteiger partial charge is 0.462 e. The molecule has 0 aliphatic rings. The van der Waals surface area contributed by atoms with Crippen molar-refractivity contribution in [3.05, 3.63) is 109 Å². The van der Waals surface area contributed by atoms with Crippen LogP contribution in [0.1, 0.15) is 168 Å². The lowest BCUT2D eigenvalue weighted by molar-refractivity contribution is -0.166. The molecule has 6 nitrogen and oxygen atoms in total. The highest BCUT2D eigenvalue weighted by Crippen LogP contribution is 2.10. The summed E-state index contributed by atoms with van der Waals surface area (Å²) in [5, 5.41) is 0. The number of hydrogen-bond donors (Lipinski definition) is 0. The van der Waals surface area contributed by atoms with Gasteiger partial charge in [-0.1, -0.05) is 169 Å². The van der Waals surface area contributed by atoms with E-state index in [1.807, 2.05) is 42.5 Å². The van der Waals surface area contributed by atoms with Gasteiger partial charge in [-0.2, -0.15) is 0 Å². The highest BCUT2D eigenvalue weighted by molar-refractivity contribution is 5.71. The second kappa shape index (κ2) is 43.8. The Labute approximate surface area is 342 Å². The minimum absolute atomic E-state index is 0.136. The van der Waals surface area contributed by atoms with Gasteiger partial charge in [0.15, 0.2) is 6.10 Å². The SMILES string of the molecule is CC\C=C/C=C\C=C/C=C\CCCCCC(=O)OCC(COC(=O)CCCC/C=C\C/C=C\C/C=C\CC)OC(=O)CC/C=C\C/C=C\CCCCCCCC. The van der Waals surface area contributed by atoms with E-state index in [1.165, 1.54) is 38.5 Å². The standard InChI is InChI=1S/C50H78O6/c1-4-7-10-13-16-19-22-25-28-31-34-37-40-43-49(52)55-46-47(45-54-48(51)42-39-36-33-30-27-24-21-18-15-12-9-6-3)56-50(53)44-41-38-35-32-29-26-23-20-17-14-11-8-5-2/h7,9-10,12-13,16,18-19,21-22,25-30,35,38,47H,4-6,8,11,14-15,17,20,23-24,31-34,36-37,39-46H2,1-3H3/b10-7-,12-9-,16-13-,21-18-,22-19-,28-25-,29-26-,30-27-,38-35-. The number of hydrogen-bond acceptors (Lipinski definition) is 6. The van der Waals surface area contributed by atoms with Gasteiger partial charge in [-0.15, -0.1) is 0 Å². The molecule has 0 amide bonds. The van der Waals surface area contributed by atoms with Gasteiger partial charge in [0, 0.05) is 19.3 Å². The molecule has 0 aromatic heterocycles. The third-order valence-corrected chi connectivity index (χ3v) is 8.60. The summed E-state index contributed by atoms with van der Waals surface area (Å²) in [5.74, 6) is -1.09. The van der Waals surface area contributed by atoms with Crippen LogP contribution in [-0.2, 0) is 28.6 Å². The van der Waals surface area contributed by atoms with E-state index >= 15 is 0 Å². The molecule has 1 unspecified atom stereocenters. The first-order valence-corrected chi connectivity index (χ1v) is 21.9. The van der Waals surface area contributed by atoms with E-state index in [-0.39, 0.29) is 38.0 Å². The van der Waals surface area contributed by atoms with Gasteiger partial charge in [0.2, 0.25) is 0 Å². The van der Waals surface area contributed by atoms with Crippen molar-refractivity contribution in [2.75, 3.05) is 13.2 Å². The fraction of sp³-hybridized carbons (Fsp3) is 0.580. The van der Waals surface area contributed by atoms with E-state index < -0.39 is 12.1 Å². The Bertz CT molecular complexity index is 1210. The number of esters is 3. The zero-order valence-corrected chi connectivity index (χ0v) is 35.6. The highest BCUT2D eigenvalue weighted by atomic mass is 16.6. The highest BCUT2D eigenvalue weighted by Gasteiger charge is 2.19. The zero-order valence-electron chi connectivity index (χ0n) is 35.6. The van der Waals surface area contributed by atoms with Crippen LogP contribution < -0.4 is 0 Å². The monoisotopic (exact) mass is 775 g/mol. The van der Waals surface area contributed by atoms with Gasteiger partial charge < -0.3 is 14.2 Å². The van der Waals surface area contributed by atoms with Crippen molar-refractivity contribution >= 4 is 17.9 Å². The number of carbonyl (C=O) groups is 3. The Kier molecular flexibility index (Phi) is 40.7. The van der Waals surface area contributed by atoms with Crippen molar-refractivity contribution in [2.45, 2.75) is 175 Å². The molecule has 0 fully saturated rings. The molecule has 0 saturated heterocycles. The van der Waals surface area contributed by atoms with E-state index in [0.717, 1.165) is 77.0 Å². The fourth-order valence-electron chi connectivity index (χ4n) is 5.34. The van der Waals surface area contributed by atoms with Gasteiger partial charge >= 0.3 is 17.9 Å². The van der Waals surface area contributed by atoms with Crippen LogP contribution in [0.25, 0.3) is 0 Å². The zero-order chi connectivity index (χ0) is 40.8. The summed E-state index contributed by atoms with van der Waals surface area (Å²) in [5.41, 5.74) is 0. The molecule has 0 aromatic carbocycles. The first-order valence-electron chi connectivity index (χ1n) is 21.9. The predicted octanol–water partition coefficient (Wildman–Crippen LogP) is 14.0. The molecule has 0 radical (unpaired) electrons. The van der Waals surface area contributed by atoms with Crippen LogP contribution in [0.4, 0.5) is 0 Å². The molecular formula is C50H78O6. The van der Waals surface area contributed by atoms with Crippen LogP contribution in [0, 0.1) is 0 Å². The number of ether oxygens (including phenoxy) is 3. The van der Waals surface area contributed by atoms with Crippen LogP contribution in [0.5, 0.6) is 0 Å². The van der Waals surface area contributed by atoms with Crippen LogP contribution in [-0.4, -0.2) is 37.2 Å². The molecule has 56 heavy (non-hydrogen) atoms. The van der Waals surface area contributed by atoms with Crippen LogP contribution >= 0.6 is 0 Å². The smallest absolute Gasteiger partial charge is 0.306 e. The van der Waals surface area contributed by atoms with E-state index in [4.69, 9.17) is 14.2 Å². The molecule has 314 valence electrons. The molecule has 0 rings (SSSR count). The molecule has 0 heterocycles. The molecule has 1 atom stereocenters. The van der Waals surface area contributed by atoms with Gasteiger partial charge in [-0.05, 0) is 89.9 Å². The lowest BCUT2D eigenvalue weighted by Crippen LogP contribution is -2.30. The van der Waals surface area contributed by atoms with Crippen LogP contribution in [0.15, 0.2) is 109 Å². The summed E-state index contributed by atoms with van der Waals surface area (Å²) in [7, 11) is 0. The third kappa shape index (κ3) is 41.2. The molecule has 0 bridgehead atoms. The maximum Gasteiger partial charge on any atom is 0.306 e. The molecule has 6 heteroatoms. The molecule has 0 aliphatic carbocycles. The first-order chi connectivity index (χ1) is 27.5. The summed E-state index contributed by atoms with van der Waals surface area (Å²) < 4.78 is 16.5. The average Bonchev–Trinajstić information content (AvgIpc) is 3.19. The molecule has 0 saturated carbocycles. The van der Waals surface area contributed by atoms with Crippen molar-refractivity contribution < 1.29 is 28.6 Å². The quantitative estimate of drug-likeness (QED) is 0.0206. The first kappa shape index (κ1) is 52.1. The second-order valence-corrected chi connectivity index (χ2v) is 13.9. The Hall–Kier alpha value is -3.93. The van der Waals surface area contributed by atoms with Crippen LogP contribution in [0.3, 0.4) is 0 Å². The van der Waals surface area contributed by atoms with Crippen molar-refractivity contribution in [1.29, 1.82) is 0 Å². The van der Waals surface area contributed by atoms with E-state index in [9.17, 15) is 14.4 Å². The summed E-state index contributed by atoms with van der Waals surface area (Å²) in [6.45, 7) is 6.21. The van der Waals surface area contributed by atoms with Gasteiger partial charge in [0.05, 0.1) is 0 Å². The lowest BCUT2D eigenvalue weighted by atomic mass is 10.1. The van der Waals surface area contributed by atoms with Crippen LogP contribution in [0.2, 0.25) is 0 Å². The number of carbonyl (C=O) groups excluding carboxylic acids is 3. The molecule has 0 spiro atoms. The fourth-order valence-corrected chi connectivity index (χ4v) is 5.34. The molecule has 0 N–H and O–H groups in total. The maximum absolute atomic E-state index is 12.7. The van der Waals surface area contributed by atoms with Gasteiger partial charge in [-0.3, -0.25) is 14.4 Å². The Balaban J connectivity index is 4.61. The molecule has 0 aromatic rings.